The van der Waals surface area contributed by atoms with Gasteiger partial charge in [-0.05, 0) is 52.3 Å². The van der Waals surface area contributed by atoms with Gasteiger partial charge in [0.1, 0.15) is 11.2 Å². The van der Waals surface area contributed by atoms with Crippen LogP contribution in [0.1, 0.15) is 45.9 Å². The number of carbonyl (C=O) groups excluding carboxylic acids is 1. The molecule has 0 saturated carbocycles. The first-order valence-corrected chi connectivity index (χ1v) is 10.4. The van der Waals surface area contributed by atoms with Gasteiger partial charge in [-0.1, -0.05) is 24.3 Å². The van der Waals surface area contributed by atoms with Crippen molar-refractivity contribution in [3.63, 3.8) is 0 Å². The third kappa shape index (κ3) is 5.85. The molecule has 2 N–H and O–H groups in total. The minimum absolute atomic E-state index is 0.353. The van der Waals surface area contributed by atoms with Crippen molar-refractivity contribution < 1.29 is 19.4 Å². The Labute approximate surface area is 188 Å². The van der Waals surface area contributed by atoms with Crippen molar-refractivity contribution in [1.82, 2.24) is 20.1 Å². The maximum Gasteiger partial charge on any atom is 0.407 e. The van der Waals surface area contributed by atoms with Crippen molar-refractivity contribution in [3.8, 4) is 22.8 Å². The number of aromatic nitrogens is 3. The third-order valence-corrected chi connectivity index (χ3v) is 4.60. The monoisotopic (exact) mass is 438 g/mol. The van der Waals surface area contributed by atoms with Crippen LogP contribution in [0.5, 0.6) is 5.88 Å². The lowest BCUT2D eigenvalue weighted by Crippen LogP contribution is -2.32. The molecule has 0 bridgehead atoms. The number of carbonyl (C=O) groups is 1. The molecule has 0 unspecified atom stereocenters. The average Bonchev–Trinajstić information content (AvgIpc) is 3.17. The van der Waals surface area contributed by atoms with Crippen LogP contribution in [-0.4, -0.2) is 38.7 Å². The van der Waals surface area contributed by atoms with Crippen LogP contribution in [0, 0.1) is 0 Å². The highest BCUT2D eigenvalue weighted by atomic mass is 16.6. The molecule has 3 aromatic rings. The summed E-state index contributed by atoms with van der Waals surface area (Å²) in [4.78, 5) is 16.1. The molecule has 0 radical (unpaired) electrons. The summed E-state index contributed by atoms with van der Waals surface area (Å²) in [5, 5.41) is 17.9. The van der Waals surface area contributed by atoms with Gasteiger partial charge < -0.3 is 19.9 Å². The van der Waals surface area contributed by atoms with E-state index in [-0.39, 0.29) is 0 Å². The molecule has 0 fully saturated rings. The van der Waals surface area contributed by atoms with Crippen LogP contribution < -0.4 is 10.1 Å². The van der Waals surface area contributed by atoms with Crippen molar-refractivity contribution in [1.29, 1.82) is 0 Å². The molecule has 32 heavy (non-hydrogen) atoms. The first-order chi connectivity index (χ1) is 15.0. The minimum atomic E-state index is -1.10. The Morgan fingerprint density at radius 2 is 1.78 bits per heavy atom. The van der Waals surface area contributed by atoms with Crippen LogP contribution in [0.4, 0.5) is 4.79 Å². The molecule has 8 heteroatoms. The maximum absolute atomic E-state index is 11.9. The van der Waals surface area contributed by atoms with E-state index in [2.05, 4.69) is 15.4 Å². The SMILES string of the molecule is COc1ccc(-n2nc(C(C)(C)O)cc2-c2ccc(CNC(=O)OC(C)(C)C)cc2)cn1. The minimum Gasteiger partial charge on any atom is -0.481 e. The highest BCUT2D eigenvalue weighted by Crippen LogP contribution is 2.29. The highest BCUT2D eigenvalue weighted by Gasteiger charge is 2.23. The number of amides is 1. The summed E-state index contributed by atoms with van der Waals surface area (Å²) in [5.41, 5.74) is 2.29. The summed E-state index contributed by atoms with van der Waals surface area (Å²) in [6.07, 6.45) is 1.21. The smallest absolute Gasteiger partial charge is 0.407 e. The Morgan fingerprint density at radius 1 is 1.09 bits per heavy atom. The normalized spacial score (nSPS) is 11.8. The van der Waals surface area contributed by atoms with Crippen molar-refractivity contribution >= 4 is 6.09 Å². The van der Waals surface area contributed by atoms with Gasteiger partial charge in [-0.2, -0.15) is 5.10 Å². The number of ether oxygens (including phenoxy) is 2. The Balaban J connectivity index is 1.86. The zero-order chi connectivity index (χ0) is 23.5. The molecule has 3 rings (SSSR count). The van der Waals surface area contributed by atoms with Crippen LogP contribution in [0.15, 0.2) is 48.7 Å². The second-order valence-corrected chi connectivity index (χ2v) is 9.00. The predicted octanol–water partition coefficient (Wildman–Crippen LogP) is 4.20. The Morgan fingerprint density at radius 3 is 2.31 bits per heavy atom. The van der Waals surface area contributed by atoms with E-state index in [0.29, 0.717) is 18.1 Å². The van der Waals surface area contributed by atoms with Crippen LogP contribution in [-0.2, 0) is 16.9 Å². The molecule has 0 atom stereocenters. The highest BCUT2D eigenvalue weighted by molar-refractivity contribution is 5.68. The van der Waals surface area contributed by atoms with Crippen LogP contribution >= 0.6 is 0 Å². The number of rotatable bonds is 6. The lowest BCUT2D eigenvalue weighted by molar-refractivity contribution is 0.0523. The van der Waals surface area contributed by atoms with Crippen LogP contribution in [0.3, 0.4) is 0 Å². The second kappa shape index (κ2) is 9.00. The molecule has 0 aliphatic heterocycles. The number of aliphatic hydroxyl groups is 1. The summed E-state index contributed by atoms with van der Waals surface area (Å²) in [7, 11) is 1.56. The number of alkyl carbamates (subject to hydrolysis) is 1. The van der Waals surface area contributed by atoms with Gasteiger partial charge in [0.05, 0.1) is 30.4 Å². The van der Waals surface area contributed by atoms with E-state index in [4.69, 9.17) is 9.47 Å². The quantitative estimate of drug-likeness (QED) is 0.599. The van der Waals surface area contributed by atoms with Crippen molar-refractivity contribution in [2.45, 2.75) is 52.4 Å². The lowest BCUT2D eigenvalue weighted by Gasteiger charge is -2.19. The fraction of sp³-hybridized carbons (Fsp3) is 0.375. The molecular formula is C24H30N4O4. The molecule has 0 spiro atoms. The number of benzene rings is 1. The van der Waals surface area contributed by atoms with Gasteiger partial charge in [-0.3, -0.25) is 0 Å². The summed E-state index contributed by atoms with van der Waals surface area (Å²) in [6.45, 7) is 9.22. The van der Waals surface area contributed by atoms with Gasteiger partial charge in [-0.15, -0.1) is 0 Å². The van der Waals surface area contributed by atoms with E-state index in [0.717, 1.165) is 22.5 Å². The molecule has 1 amide bonds. The third-order valence-electron chi connectivity index (χ3n) is 4.60. The zero-order valence-electron chi connectivity index (χ0n) is 19.3. The largest absolute Gasteiger partial charge is 0.481 e. The van der Waals surface area contributed by atoms with E-state index in [1.54, 1.807) is 37.9 Å². The van der Waals surface area contributed by atoms with E-state index in [1.807, 2.05) is 57.2 Å². The number of hydrogen-bond donors (Lipinski definition) is 2. The topological polar surface area (TPSA) is 98.5 Å². The maximum atomic E-state index is 11.9. The Kier molecular flexibility index (Phi) is 6.55. The standard InChI is InChI=1S/C24H30N4O4/c1-23(2,3)32-22(29)26-14-16-7-9-17(10-8-16)19-13-20(24(4,5)30)27-28(19)18-11-12-21(31-6)25-15-18/h7-13,15,30H,14H2,1-6H3,(H,26,29). The molecule has 0 saturated heterocycles. The van der Waals surface area contributed by atoms with Gasteiger partial charge in [0, 0.05) is 18.2 Å². The van der Waals surface area contributed by atoms with E-state index >= 15 is 0 Å². The summed E-state index contributed by atoms with van der Waals surface area (Å²) in [5.74, 6) is 0.506. The van der Waals surface area contributed by atoms with Crippen LogP contribution in [0.2, 0.25) is 0 Å². The average molecular weight is 439 g/mol. The summed E-state index contributed by atoms with van der Waals surface area (Å²) in [6, 6.07) is 13.2. The van der Waals surface area contributed by atoms with Gasteiger partial charge in [0.15, 0.2) is 0 Å². The fourth-order valence-corrected chi connectivity index (χ4v) is 2.98. The Bertz CT molecular complexity index is 1060. The zero-order valence-corrected chi connectivity index (χ0v) is 19.3. The molecule has 0 aliphatic rings. The second-order valence-electron chi connectivity index (χ2n) is 9.00. The number of methoxy groups -OCH3 is 1. The Hall–Kier alpha value is -3.39. The summed E-state index contributed by atoms with van der Waals surface area (Å²) < 4.78 is 12.2. The molecule has 8 nitrogen and oxygen atoms in total. The van der Waals surface area contributed by atoms with Gasteiger partial charge in [-0.25, -0.2) is 14.5 Å². The van der Waals surface area contributed by atoms with Gasteiger partial charge in [0.2, 0.25) is 5.88 Å². The predicted molar refractivity (Wildman–Crippen MR) is 122 cm³/mol. The molecular weight excluding hydrogens is 408 g/mol. The molecule has 2 aromatic heterocycles. The molecule has 2 heterocycles. The number of nitrogens with one attached hydrogen (secondary N) is 1. The van der Waals surface area contributed by atoms with Crippen molar-refractivity contribution in [3.05, 3.63) is 59.9 Å². The number of nitrogens with zero attached hydrogens (tertiary/aromatic N) is 3. The molecule has 1 aromatic carbocycles. The number of pyridine rings is 1. The molecule has 0 aliphatic carbocycles. The van der Waals surface area contributed by atoms with Gasteiger partial charge >= 0.3 is 6.09 Å². The van der Waals surface area contributed by atoms with Gasteiger partial charge in [0.25, 0.3) is 0 Å². The first-order valence-electron chi connectivity index (χ1n) is 10.4. The van der Waals surface area contributed by atoms with E-state index in [9.17, 15) is 9.90 Å². The lowest BCUT2D eigenvalue weighted by atomic mass is 10.0. The fourth-order valence-electron chi connectivity index (χ4n) is 2.98. The summed E-state index contributed by atoms with van der Waals surface area (Å²) >= 11 is 0. The van der Waals surface area contributed by atoms with Crippen molar-refractivity contribution in [2.75, 3.05) is 7.11 Å². The molecule has 170 valence electrons. The first kappa shape index (κ1) is 23.3. The van der Waals surface area contributed by atoms with E-state index in [1.165, 1.54) is 0 Å². The van der Waals surface area contributed by atoms with E-state index < -0.39 is 17.3 Å². The van der Waals surface area contributed by atoms with Crippen molar-refractivity contribution in [2.24, 2.45) is 0 Å². The number of hydrogen-bond acceptors (Lipinski definition) is 6. The van der Waals surface area contributed by atoms with Crippen LogP contribution in [0.25, 0.3) is 16.9 Å².